The van der Waals surface area contributed by atoms with E-state index in [1.165, 1.54) is 0 Å². The number of benzene rings is 1. The molecule has 0 aliphatic carbocycles. The molecule has 1 heterocycles. The molecule has 0 aliphatic rings. The molecule has 29 heavy (non-hydrogen) atoms. The van der Waals surface area contributed by atoms with Crippen molar-refractivity contribution in [1.82, 2.24) is 10.3 Å². The maximum atomic E-state index is 12.1. The van der Waals surface area contributed by atoms with Crippen molar-refractivity contribution in [3.8, 4) is 17.4 Å². The van der Waals surface area contributed by atoms with Gasteiger partial charge in [-0.25, -0.2) is 4.98 Å². The Morgan fingerprint density at radius 1 is 1.14 bits per heavy atom. The zero-order chi connectivity index (χ0) is 19.6. The molecule has 1 aromatic heterocycles. The average Bonchev–Trinajstić information content (AvgIpc) is 2.66. The number of carbonyl (C=O) groups is 1. The summed E-state index contributed by atoms with van der Waals surface area (Å²) in [6, 6.07) is 10.6. The Labute approximate surface area is 185 Å². The van der Waals surface area contributed by atoms with Gasteiger partial charge in [-0.3, -0.25) is 4.79 Å². The van der Waals surface area contributed by atoms with E-state index in [1.54, 1.807) is 6.20 Å². The van der Waals surface area contributed by atoms with E-state index < -0.39 is 6.04 Å². The minimum Gasteiger partial charge on any atom is -0.494 e. The van der Waals surface area contributed by atoms with Gasteiger partial charge in [-0.2, -0.15) is 0 Å². The Hall–Kier alpha value is -2.02. The van der Waals surface area contributed by atoms with Gasteiger partial charge >= 0.3 is 0 Å². The Morgan fingerprint density at radius 3 is 2.41 bits per heavy atom. The van der Waals surface area contributed by atoms with Crippen molar-refractivity contribution in [1.29, 1.82) is 0 Å². The van der Waals surface area contributed by atoms with Gasteiger partial charge in [0.2, 0.25) is 11.8 Å². The number of rotatable bonds is 10. The summed E-state index contributed by atoms with van der Waals surface area (Å²) in [6.45, 7) is 7.14. The highest BCUT2D eigenvalue weighted by Crippen LogP contribution is 2.25. The van der Waals surface area contributed by atoms with Crippen LogP contribution in [0.15, 0.2) is 42.6 Å². The van der Waals surface area contributed by atoms with Gasteiger partial charge in [-0.1, -0.05) is 26.8 Å². The highest BCUT2D eigenvalue weighted by molar-refractivity contribution is 5.85. The number of hydrogen-bond acceptors (Lipinski definition) is 5. The summed E-state index contributed by atoms with van der Waals surface area (Å²) in [6.07, 6.45) is 3.26. The van der Waals surface area contributed by atoms with Gasteiger partial charge < -0.3 is 20.5 Å². The van der Waals surface area contributed by atoms with Crippen molar-refractivity contribution in [3.63, 3.8) is 0 Å². The number of nitrogens with zero attached hydrogens (tertiary/aromatic N) is 1. The largest absolute Gasteiger partial charge is 0.494 e. The van der Waals surface area contributed by atoms with E-state index in [9.17, 15) is 4.79 Å². The summed E-state index contributed by atoms with van der Waals surface area (Å²) >= 11 is 0. The van der Waals surface area contributed by atoms with Crippen LogP contribution in [0.4, 0.5) is 0 Å². The molecular weight excluding hydrogens is 413 g/mol. The maximum Gasteiger partial charge on any atom is 0.237 e. The molecule has 0 aliphatic heterocycles. The molecule has 0 saturated heterocycles. The van der Waals surface area contributed by atoms with E-state index in [0.717, 1.165) is 17.7 Å². The maximum absolute atomic E-state index is 12.1. The SMILES string of the molecule is CCCOc1ccc(Oc2ncccc2CNC(=O)[C@@H](N)CC(C)C)cc1.Cl.Cl. The van der Waals surface area contributed by atoms with Crippen molar-refractivity contribution in [2.24, 2.45) is 11.7 Å². The number of aromatic nitrogens is 1. The second kappa shape index (κ2) is 14.0. The van der Waals surface area contributed by atoms with Crippen LogP contribution in [0.2, 0.25) is 0 Å². The summed E-state index contributed by atoms with van der Waals surface area (Å²) in [4.78, 5) is 16.4. The lowest BCUT2D eigenvalue weighted by Gasteiger charge is -2.15. The molecule has 162 valence electrons. The normalized spacial score (nSPS) is 11.1. The van der Waals surface area contributed by atoms with E-state index in [1.807, 2.05) is 50.2 Å². The lowest BCUT2D eigenvalue weighted by molar-refractivity contribution is -0.122. The third kappa shape index (κ3) is 9.35. The molecule has 3 N–H and O–H groups in total. The fourth-order valence-corrected chi connectivity index (χ4v) is 2.51. The van der Waals surface area contributed by atoms with Crippen LogP contribution in [-0.4, -0.2) is 23.5 Å². The number of amides is 1. The van der Waals surface area contributed by atoms with Crippen LogP contribution in [-0.2, 0) is 11.3 Å². The minimum absolute atomic E-state index is 0. The van der Waals surface area contributed by atoms with Crippen LogP contribution < -0.4 is 20.5 Å². The van der Waals surface area contributed by atoms with E-state index in [0.29, 0.717) is 37.1 Å². The van der Waals surface area contributed by atoms with E-state index in [-0.39, 0.29) is 30.7 Å². The quantitative estimate of drug-likeness (QED) is 0.564. The molecule has 0 unspecified atom stereocenters. The van der Waals surface area contributed by atoms with E-state index in [2.05, 4.69) is 17.2 Å². The smallest absolute Gasteiger partial charge is 0.237 e. The number of hydrogen-bond donors (Lipinski definition) is 2. The molecule has 2 rings (SSSR count). The standard InChI is InChI=1S/C21H29N3O3.2ClH/c1-4-12-26-17-7-9-18(10-8-17)27-21-16(6-5-11-23-21)14-24-20(25)19(22)13-15(2)3;;/h5-11,15,19H,4,12-14,22H2,1-3H3,(H,24,25);2*1H/t19-;;/m0../s1. The van der Waals surface area contributed by atoms with Gasteiger partial charge in [0.15, 0.2) is 0 Å². The Morgan fingerprint density at radius 2 is 1.79 bits per heavy atom. The van der Waals surface area contributed by atoms with Gasteiger partial charge in [0.25, 0.3) is 0 Å². The minimum atomic E-state index is -0.512. The van der Waals surface area contributed by atoms with Crippen molar-refractivity contribution >= 4 is 30.7 Å². The molecule has 2 aromatic rings. The van der Waals surface area contributed by atoms with E-state index >= 15 is 0 Å². The molecule has 1 amide bonds. The molecule has 1 aromatic carbocycles. The van der Waals surface area contributed by atoms with Gasteiger partial charge in [-0.05, 0) is 49.1 Å². The molecule has 6 nitrogen and oxygen atoms in total. The molecular formula is C21H31Cl2N3O3. The Balaban J connectivity index is 0.00000392. The highest BCUT2D eigenvalue weighted by atomic mass is 35.5. The summed E-state index contributed by atoms with van der Waals surface area (Å²) in [5.74, 6) is 2.11. The highest BCUT2D eigenvalue weighted by Gasteiger charge is 2.15. The number of carbonyl (C=O) groups excluding carboxylic acids is 1. The molecule has 1 atom stereocenters. The van der Waals surface area contributed by atoms with Crippen molar-refractivity contribution in [2.75, 3.05) is 6.61 Å². The number of halogens is 2. The van der Waals surface area contributed by atoms with Gasteiger partial charge in [0, 0.05) is 18.3 Å². The van der Waals surface area contributed by atoms with Gasteiger partial charge in [-0.15, -0.1) is 24.8 Å². The first-order chi connectivity index (χ1) is 13.0. The first-order valence-electron chi connectivity index (χ1n) is 9.37. The van der Waals surface area contributed by atoms with Crippen molar-refractivity contribution < 1.29 is 14.3 Å². The monoisotopic (exact) mass is 443 g/mol. The fraction of sp³-hybridized carbons (Fsp3) is 0.429. The van der Waals surface area contributed by atoms with Gasteiger partial charge in [0.05, 0.1) is 12.6 Å². The molecule has 0 fully saturated rings. The summed E-state index contributed by atoms with van der Waals surface area (Å²) in [7, 11) is 0. The number of nitrogens with one attached hydrogen (secondary N) is 1. The lowest BCUT2D eigenvalue weighted by atomic mass is 10.0. The molecule has 8 heteroatoms. The van der Waals surface area contributed by atoms with Crippen LogP contribution in [0, 0.1) is 5.92 Å². The number of ether oxygens (including phenoxy) is 2. The van der Waals surface area contributed by atoms with Crippen LogP contribution in [0.1, 0.15) is 39.2 Å². The first kappa shape index (κ1) is 27.0. The predicted molar refractivity (Wildman–Crippen MR) is 120 cm³/mol. The lowest BCUT2D eigenvalue weighted by Crippen LogP contribution is -2.41. The van der Waals surface area contributed by atoms with E-state index in [4.69, 9.17) is 15.2 Å². The predicted octanol–water partition coefficient (Wildman–Crippen LogP) is 4.50. The van der Waals surface area contributed by atoms with Crippen molar-refractivity contribution in [3.05, 3.63) is 48.2 Å². The third-order valence-electron chi connectivity index (χ3n) is 3.88. The second-order valence-electron chi connectivity index (χ2n) is 6.84. The fourth-order valence-electron chi connectivity index (χ4n) is 2.51. The molecule has 0 bridgehead atoms. The zero-order valence-electron chi connectivity index (χ0n) is 17.1. The molecule has 0 saturated carbocycles. The first-order valence-corrected chi connectivity index (χ1v) is 9.37. The molecule has 0 radical (unpaired) electrons. The zero-order valence-corrected chi connectivity index (χ0v) is 18.7. The second-order valence-corrected chi connectivity index (χ2v) is 6.84. The van der Waals surface area contributed by atoms with Gasteiger partial charge in [0.1, 0.15) is 11.5 Å². The number of pyridine rings is 1. The molecule has 0 spiro atoms. The Kier molecular flexibility index (Phi) is 13.1. The summed E-state index contributed by atoms with van der Waals surface area (Å²) < 4.78 is 11.4. The van der Waals surface area contributed by atoms with Crippen LogP contribution >= 0.6 is 24.8 Å². The Bertz CT molecular complexity index is 727. The summed E-state index contributed by atoms with van der Waals surface area (Å²) in [5.41, 5.74) is 6.71. The topological polar surface area (TPSA) is 86.5 Å². The number of nitrogens with two attached hydrogens (primary N) is 1. The van der Waals surface area contributed by atoms with Crippen LogP contribution in [0.25, 0.3) is 0 Å². The summed E-state index contributed by atoms with van der Waals surface area (Å²) in [5, 5.41) is 2.86. The van der Waals surface area contributed by atoms with Crippen molar-refractivity contribution in [2.45, 2.75) is 46.2 Å². The van der Waals surface area contributed by atoms with Crippen LogP contribution in [0.3, 0.4) is 0 Å². The average molecular weight is 444 g/mol. The third-order valence-corrected chi connectivity index (χ3v) is 3.88. The van der Waals surface area contributed by atoms with Crippen LogP contribution in [0.5, 0.6) is 17.4 Å².